The molecule has 0 bridgehead atoms. The molecule has 9 nitrogen and oxygen atoms in total. The van der Waals surface area contributed by atoms with Gasteiger partial charge in [0.2, 0.25) is 10.0 Å². The molecule has 1 atom stereocenters. The third-order valence-electron chi connectivity index (χ3n) is 7.89. The monoisotopic (exact) mass is 579 g/mol. The summed E-state index contributed by atoms with van der Waals surface area (Å²) in [6.07, 6.45) is -1.91. The molecule has 1 unspecified atom stereocenters. The van der Waals surface area contributed by atoms with Crippen LogP contribution in [0.2, 0.25) is 0 Å². The van der Waals surface area contributed by atoms with Gasteiger partial charge < -0.3 is 14.9 Å². The van der Waals surface area contributed by atoms with E-state index in [1.54, 1.807) is 36.4 Å². The number of anilines is 1. The van der Waals surface area contributed by atoms with Crippen molar-refractivity contribution < 1.29 is 31.5 Å². The first-order chi connectivity index (χ1) is 18.9. The van der Waals surface area contributed by atoms with Crippen molar-refractivity contribution in [2.45, 2.75) is 36.3 Å². The topological polar surface area (TPSA) is 98.5 Å². The first-order valence-corrected chi connectivity index (χ1v) is 14.6. The number of aromatic nitrogens is 2. The number of carbonyl (C=O) groups is 1. The van der Waals surface area contributed by atoms with Gasteiger partial charge in [0.1, 0.15) is 0 Å². The Morgan fingerprint density at radius 1 is 1.07 bits per heavy atom. The van der Waals surface area contributed by atoms with Crippen LogP contribution in [0.1, 0.15) is 46.8 Å². The Labute approximate surface area is 230 Å². The second-order valence-corrected chi connectivity index (χ2v) is 12.6. The molecule has 1 aromatic carbocycles. The normalized spacial score (nSPS) is 19.4. The molecule has 0 spiro atoms. The molecule has 0 aliphatic carbocycles. The second kappa shape index (κ2) is 10.7. The van der Waals surface area contributed by atoms with Crippen LogP contribution in [0.3, 0.4) is 0 Å². The van der Waals surface area contributed by atoms with Gasteiger partial charge in [0.25, 0.3) is 5.91 Å². The highest BCUT2D eigenvalue weighted by molar-refractivity contribution is 7.89. The minimum Gasteiger partial charge on any atom is -0.396 e. The van der Waals surface area contributed by atoms with Crippen molar-refractivity contribution in [3.05, 3.63) is 59.4 Å². The predicted octanol–water partition coefficient (Wildman–Crippen LogP) is 3.44. The molecular formula is C27H32F3N5O4S. The minimum absolute atomic E-state index is 0.0679. The van der Waals surface area contributed by atoms with Crippen LogP contribution >= 0.6 is 0 Å². The maximum Gasteiger partial charge on any atom is 0.436 e. The Balaban J connectivity index is 1.38. The second-order valence-electron chi connectivity index (χ2n) is 10.7. The lowest BCUT2D eigenvalue weighted by atomic mass is 9.90. The van der Waals surface area contributed by atoms with Crippen LogP contribution in [0.15, 0.2) is 47.5 Å². The lowest BCUT2D eigenvalue weighted by molar-refractivity contribution is -0.141. The molecule has 2 aliphatic heterocycles. The molecule has 4 heterocycles. The van der Waals surface area contributed by atoms with Crippen LogP contribution in [-0.2, 0) is 16.2 Å². The van der Waals surface area contributed by atoms with E-state index in [0.29, 0.717) is 19.3 Å². The highest BCUT2D eigenvalue weighted by atomic mass is 32.2. The van der Waals surface area contributed by atoms with Crippen molar-refractivity contribution >= 4 is 27.1 Å². The maximum absolute atomic E-state index is 13.9. The zero-order valence-electron chi connectivity index (χ0n) is 22.3. The van der Waals surface area contributed by atoms with E-state index in [2.05, 4.69) is 5.10 Å². The fourth-order valence-electron chi connectivity index (χ4n) is 5.54. The summed E-state index contributed by atoms with van der Waals surface area (Å²) in [4.78, 5) is 16.7. The van der Waals surface area contributed by atoms with Crippen molar-refractivity contribution in [3.63, 3.8) is 0 Å². The summed E-state index contributed by atoms with van der Waals surface area (Å²) in [6, 6.07) is 9.93. The number of hydrogen-bond donors (Lipinski definition) is 1. The smallest absolute Gasteiger partial charge is 0.396 e. The van der Waals surface area contributed by atoms with Gasteiger partial charge in [0.05, 0.1) is 16.0 Å². The van der Waals surface area contributed by atoms with E-state index in [1.165, 1.54) is 15.4 Å². The number of fused-ring (bicyclic) bond motifs is 1. The number of amides is 1. The summed E-state index contributed by atoms with van der Waals surface area (Å²) < 4.78 is 70.7. The van der Waals surface area contributed by atoms with E-state index in [9.17, 15) is 31.5 Å². The molecule has 3 aromatic rings. The average Bonchev–Trinajstić information content (AvgIpc) is 3.58. The Morgan fingerprint density at radius 2 is 1.75 bits per heavy atom. The number of piperidine rings is 1. The zero-order valence-corrected chi connectivity index (χ0v) is 23.1. The predicted molar refractivity (Wildman–Crippen MR) is 143 cm³/mol. The van der Waals surface area contributed by atoms with Gasteiger partial charge in [-0.1, -0.05) is 0 Å². The summed E-state index contributed by atoms with van der Waals surface area (Å²) in [7, 11) is 0.0606. The van der Waals surface area contributed by atoms with Crippen molar-refractivity contribution in [1.29, 1.82) is 0 Å². The third-order valence-corrected chi connectivity index (χ3v) is 9.80. The molecule has 2 saturated heterocycles. The summed E-state index contributed by atoms with van der Waals surface area (Å²) in [6.45, 7) is 0.855. The number of aliphatic hydroxyl groups excluding tert-OH is 1. The fraction of sp³-hybridized carbons (Fsp3) is 0.481. The highest BCUT2D eigenvalue weighted by Gasteiger charge is 2.42. The zero-order chi connectivity index (χ0) is 28.8. The molecule has 2 fully saturated rings. The van der Waals surface area contributed by atoms with Crippen LogP contribution in [0.4, 0.5) is 18.9 Å². The van der Waals surface area contributed by atoms with Crippen molar-refractivity contribution in [2.75, 3.05) is 51.8 Å². The van der Waals surface area contributed by atoms with Gasteiger partial charge in [-0.25, -0.2) is 12.9 Å². The number of benzene rings is 1. The molecule has 40 heavy (non-hydrogen) atoms. The number of likely N-dealkylation sites (tertiary alicyclic amines) is 1. The quantitative estimate of drug-likeness (QED) is 0.481. The molecule has 0 saturated carbocycles. The number of pyridine rings is 1. The number of carbonyl (C=O) groups excluding carboxylic acids is 1. The highest BCUT2D eigenvalue weighted by Crippen LogP contribution is 2.37. The summed E-state index contributed by atoms with van der Waals surface area (Å²) in [5.41, 5.74) is -0.0367. The van der Waals surface area contributed by atoms with Gasteiger partial charge in [0, 0.05) is 64.7 Å². The van der Waals surface area contributed by atoms with Crippen molar-refractivity contribution in [1.82, 2.24) is 18.8 Å². The lowest BCUT2D eigenvalue weighted by Gasteiger charge is -2.31. The van der Waals surface area contributed by atoms with E-state index >= 15 is 0 Å². The number of alkyl halides is 3. The Morgan fingerprint density at radius 3 is 2.33 bits per heavy atom. The maximum atomic E-state index is 13.9. The fourth-order valence-corrected chi connectivity index (χ4v) is 7.01. The van der Waals surface area contributed by atoms with Gasteiger partial charge in [-0.15, -0.1) is 0 Å². The number of nitrogens with zero attached hydrogens (tertiary/aromatic N) is 5. The van der Waals surface area contributed by atoms with Crippen LogP contribution in [0.25, 0.3) is 5.52 Å². The Bertz CT molecular complexity index is 1500. The molecule has 216 valence electrons. The molecule has 1 N–H and O–H groups in total. The van der Waals surface area contributed by atoms with Crippen molar-refractivity contribution in [2.24, 2.45) is 5.92 Å². The number of halogens is 3. The summed E-state index contributed by atoms with van der Waals surface area (Å²) in [5, 5.41) is 13.1. The van der Waals surface area contributed by atoms with Crippen LogP contribution in [0, 0.1) is 5.92 Å². The minimum atomic E-state index is -4.82. The first kappa shape index (κ1) is 28.4. The third kappa shape index (κ3) is 5.29. The Kier molecular flexibility index (Phi) is 7.57. The molecule has 2 aliphatic rings. The van der Waals surface area contributed by atoms with Gasteiger partial charge in [-0.05, 0) is 67.1 Å². The van der Waals surface area contributed by atoms with E-state index in [4.69, 9.17) is 0 Å². The number of sulfonamides is 1. The lowest BCUT2D eigenvalue weighted by Crippen LogP contribution is -2.37. The molecule has 13 heteroatoms. The van der Waals surface area contributed by atoms with E-state index in [0.717, 1.165) is 15.8 Å². The molecule has 5 rings (SSSR count). The van der Waals surface area contributed by atoms with Crippen LogP contribution in [0.5, 0.6) is 0 Å². The number of hydrogen-bond acceptors (Lipinski definition) is 6. The standard InChI is InChI=1S/C27H32F3N5O4S/c1-32(2)21-3-5-22(6-4-21)40(38,39)34-12-8-19(9-13-34)20-10-14-35-23(15-20)24(25(31-35)27(28,29)30)26(37)33-11-7-18(16-33)17-36/h3-6,10,14-15,18-19,36H,7-9,11-13,16-17H2,1-2H3. The number of rotatable bonds is 6. The summed E-state index contributed by atoms with van der Waals surface area (Å²) >= 11 is 0. The van der Waals surface area contributed by atoms with E-state index < -0.39 is 33.4 Å². The average molecular weight is 580 g/mol. The van der Waals surface area contributed by atoms with Gasteiger partial charge in [-0.3, -0.25) is 4.79 Å². The van der Waals surface area contributed by atoms with Gasteiger partial charge in [-0.2, -0.15) is 22.6 Å². The van der Waals surface area contributed by atoms with E-state index in [-0.39, 0.29) is 55.0 Å². The molecule has 1 amide bonds. The SMILES string of the molecule is CN(C)c1ccc(S(=O)(=O)N2CCC(c3ccn4nc(C(F)(F)F)c(C(=O)N5CCC(CO)C5)c4c3)CC2)cc1. The van der Waals surface area contributed by atoms with Gasteiger partial charge in [0.15, 0.2) is 5.69 Å². The first-order valence-electron chi connectivity index (χ1n) is 13.2. The molecular weight excluding hydrogens is 547 g/mol. The van der Waals surface area contributed by atoms with Gasteiger partial charge >= 0.3 is 6.18 Å². The van der Waals surface area contributed by atoms with E-state index in [1.807, 2.05) is 19.0 Å². The largest absolute Gasteiger partial charge is 0.436 e. The van der Waals surface area contributed by atoms with Crippen LogP contribution in [-0.4, -0.2) is 85.1 Å². The molecule has 2 aromatic heterocycles. The van der Waals surface area contributed by atoms with Crippen LogP contribution < -0.4 is 4.90 Å². The molecule has 0 radical (unpaired) electrons. The Hall–Kier alpha value is -3.16. The van der Waals surface area contributed by atoms with Crippen molar-refractivity contribution in [3.8, 4) is 0 Å². The number of aliphatic hydroxyl groups is 1. The summed E-state index contributed by atoms with van der Waals surface area (Å²) in [5.74, 6) is -1.01.